The predicted octanol–water partition coefficient (Wildman–Crippen LogP) is 4.54. The second-order valence-electron chi connectivity index (χ2n) is 6.27. The lowest BCUT2D eigenvalue weighted by Gasteiger charge is -2.31. The molecule has 1 aliphatic carbocycles. The van der Waals surface area contributed by atoms with E-state index in [9.17, 15) is 9.36 Å². The van der Waals surface area contributed by atoms with E-state index >= 15 is 0 Å². The van der Waals surface area contributed by atoms with Crippen molar-refractivity contribution in [2.24, 2.45) is 5.92 Å². The summed E-state index contributed by atoms with van der Waals surface area (Å²) >= 11 is 0. The van der Waals surface area contributed by atoms with Crippen LogP contribution in [0.4, 0.5) is 4.79 Å². The van der Waals surface area contributed by atoms with Gasteiger partial charge in [-0.15, -0.1) is 6.58 Å². The molecule has 24 heavy (non-hydrogen) atoms. The third-order valence-electron chi connectivity index (χ3n) is 4.36. The van der Waals surface area contributed by atoms with Crippen molar-refractivity contribution in [2.75, 3.05) is 6.61 Å². The number of benzene rings is 1. The molecule has 6 heteroatoms. The zero-order valence-electron chi connectivity index (χ0n) is 14.5. The van der Waals surface area contributed by atoms with Gasteiger partial charge >= 0.3 is 6.09 Å². The van der Waals surface area contributed by atoms with Gasteiger partial charge in [-0.05, 0) is 18.9 Å². The first-order chi connectivity index (χ1) is 11.4. The normalized spacial score (nSPS) is 24.9. The third-order valence-corrected chi connectivity index (χ3v) is 8.10. The van der Waals surface area contributed by atoms with Crippen molar-refractivity contribution >= 4 is 13.5 Å². The Morgan fingerprint density at radius 1 is 1.46 bits per heavy atom. The fraction of sp³-hybridized carbons (Fsp3) is 0.500. The van der Waals surface area contributed by atoms with Gasteiger partial charge < -0.3 is 14.6 Å². The standard InChI is InChI=1S/C18H26NO4P/c1-5-16-12-18(16,24(21,14(3)4)23-6-2)19-17(20)22-13-15-10-8-7-9-11-15/h5,7-11,14,16H,1,6,12-13H2,2-4H3,(H,19,20). The van der Waals surface area contributed by atoms with Crippen molar-refractivity contribution in [1.82, 2.24) is 5.32 Å². The Bertz CT molecular complexity index is 631. The second-order valence-corrected chi connectivity index (χ2v) is 9.55. The van der Waals surface area contributed by atoms with Crippen molar-refractivity contribution in [3.63, 3.8) is 0 Å². The molecule has 132 valence electrons. The molecule has 0 saturated heterocycles. The summed E-state index contributed by atoms with van der Waals surface area (Å²) in [4.78, 5) is 12.3. The van der Waals surface area contributed by atoms with E-state index in [-0.39, 0.29) is 18.2 Å². The summed E-state index contributed by atoms with van der Waals surface area (Å²) in [5.41, 5.74) is 0.700. The van der Waals surface area contributed by atoms with Crippen molar-refractivity contribution in [1.29, 1.82) is 0 Å². The first kappa shape index (κ1) is 18.8. The Balaban J connectivity index is 2.09. The third kappa shape index (κ3) is 3.57. The second kappa shape index (κ2) is 7.54. The Kier molecular flexibility index (Phi) is 5.89. The maximum Gasteiger partial charge on any atom is 0.408 e. The van der Waals surface area contributed by atoms with Crippen molar-refractivity contribution in [3.05, 3.63) is 48.6 Å². The van der Waals surface area contributed by atoms with Crippen LogP contribution in [0, 0.1) is 5.92 Å². The molecule has 0 bridgehead atoms. The molecule has 1 amide bonds. The summed E-state index contributed by atoms with van der Waals surface area (Å²) < 4.78 is 24.4. The van der Waals surface area contributed by atoms with Gasteiger partial charge in [0.1, 0.15) is 11.9 Å². The number of carbonyl (C=O) groups excluding carboxylic acids is 1. The summed E-state index contributed by atoms with van der Waals surface area (Å²) in [6.07, 6.45) is 1.71. The molecule has 1 aliphatic rings. The van der Waals surface area contributed by atoms with E-state index in [0.717, 1.165) is 5.56 Å². The topological polar surface area (TPSA) is 64.6 Å². The van der Waals surface area contributed by atoms with Crippen molar-refractivity contribution in [3.8, 4) is 0 Å². The Morgan fingerprint density at radius 3 is 2.62 bits per heavy atom. The molecule has 0 aliphatic heterocycles. The highest BCUT2D eigenvalue weighted by molar-refractivity contribution is 7.61. The largest absolute Gasteiger partial charge is 0.445 e. The monoisotopic (exact) mass is 351 g/mol. The molecule has 1 aromatic rings. The quantitative estimate of drug-likeness (QED) is 0.552. The van der Waals surface area contributed by atoms with Crippen LogP contribution >= 0.6 is 7.37 Å². The molecular weight excluding hydrogens is 325 g/mol. The maximum atomic E-state index is 13.4. The zero-order valence-corrected chi connectivity index (χ0v) is 15.4. The van der Waals surface area contributed by atoms with Crippen LogP contribution in [0.1, 0.15) is 32.8 Å². The molecule has 0 spiro atoms. The maximum absolute atomic E-state index is 13.4. The number of hydrogen-bond donors (Lipinski definition) is 1. The number of rotatable bonds is 8. The lowest BCUT2D eigenvalue weighted by atomic mass is 10.2. The van der Waals surface area contributed by atoms with E-state index in [2.05, 4.69) is 11.9 Å². The summed E-state index contributed by atoms with van der Waals surface area (Å²) in [6, 6.07) is 9.43. The molecule has 0 aromatic heterocycles. The van der Waals surface area contributed by atoms with E-state index in [0.29, 0.717) is 13.0 Å². The van der Waals surface area contributed by atoms with Gasteiger partial charge in [0.2, 0.25) is 7.37 Å². The lowest BCUT2D eigenvalue weighted by Crippen LogP contribution is -2.41. The molecular formula is C18H26NO4P. The van der Waals surface area contributed by atoms with Crippen LogP contribution in [-0.4, -0.2) is 23.6 Å². The van der Waals surface area contributed by atoms with Crippen LogP contribution in [0.3, 0.4) is 0 Å². The van der Waals surface area contributed by atoms with Gasteiger partial charge in [0.25, 0.3) is 0 Å². The van der Waals surface area contributed by atoms with Gasteiger partial charge in [0, 0.05) is 11.6 Å². The predicted molar refractivity (Wildman–Crippen MR) is 95.2 cm³/mol. The van der Waals surface area contributed by atoms with Crippen LogP contribution in [0.5, 0.6) is 0 Å². The number of ether oxygens (including phenoxy) is 1. The molecule has 1 N–H and O–H groups in total. The van der Waals surface area contributed by atoms with Crippen molar-refractivity contribution in [2.45, 2.75) is 44.7 Å². The average molecular weight is 351 g/mol. The van der Waals surface area contributed by atoms with Crippen LogP contribution in [-0.2, 0) is 20.4 Å². The molecule has 5 nitrogen and oxygen atoms in total. The average Bonchev–Trinajstić information content (AvgIpc) is 3.28. The van der Waals surface area contributed by atoms with Gasteiger partial charge in [-0.1, -0.05) is 50.3 Å². The molecule has 1 saturated carbocycles. The fourth-order valence-corrected chi connectivity index (χ4v) is 6.09. The van der Waals surface area contributed by atoms with Gasteiger partial charge in [0.15, 0.2) is 0 Å². The minimum Gasteiger partial charge on any atom is -0.445 e. The van der Waals surface area contributed by atoms with E-state index < -0.39 is 18.7 Å². The fourth-order valence-electron chi connectivity index (χ4n) is 2.99. The van der Waals surface area contributed by atoms with Crippen molar-refractivity contribution < 1.29 is 18.6 Å². The van der Waals surface area contributed by atoms with Crippen LogP contribution in [0.15, 0.2) is 43.0 Å². The molecule has 0 heterocycles. The minimum atomic E-state index is -3.09. The highest BCUT2D eigenvalue weighted by Gasteiger charge is 2.67. The van der Waals surface area contributed by atoms with E-state index in [4.69, 9.17) is 9.26 Å². The summed E-state index contributed by atoms with van der Waals surface area (Å²) in [6.45, 7) is 9.80. The van der Waals surface area contributed by atoms with Gasteiger partial charge in [-0.25, -0.2) is 4.79 Å². The number of carbonyl (C=O) groups is 1. The highest BCUT2D eigenvalue weighted by Crippen LogP contribution is 2.74. The lowest BCUT2D eigenvalue weighted by molar-refractivity contribution is 0.136. The number of alkyl carbamates (subject to hydrolysis) is 1. The summed E-state index contributed by atoms with van der Waals surface area (Å²) in [7, 11) is -3.09. The Morgan fingerprint density at radius 2 is 2.12 bits per heavy atom. The molecule has 2 rings (SSSR count). The first-order valence-electron chi connectivity index (χ1n) is 8.25. The molecule has 3 atom stereocenters. The van der Waals surface area contributed by atoms with Crippen LogP contribution in [0.25, 0.3) is 0 Å². The minimum absolute atomic E-state index is 0.0680. The van der Waals surface area contributed by atoms with Crippen LogP contribution in [0.2, 0.25) is 0 Å². The zero-order chi connectivity index (χ0) is 17.8. The number of nitrogens with one attached hydrogen (secondary N) is 1. The van der Waals surface area contributed by atoms with Gasteiger partial charge in [0.05, 0.1) is 6.61 Å². The molecule has 1 fully saturated rings. The Labute approximate surface area is 143 Å². The molecule has 1 aromatic carbocycles. The molecule has 3 unspecified atom stereocenters. The van der Waals surface area contributed by atoms with Gasteiger partial charge in [-0.2, -0.15) is 0 Å². The summed E-state index contributed by atoms with van der Waals surface area (Å²) in [5.74, 6) is -0.0680. The summed E-state index contributed by atoms with van der Waals surface area (Å²) in [5, 5.41) is 1.93. The first-order valence-corrected chi connectivity index (χ1v) is 9.94. The van der Waals surface area contributed by atoms with E-state index in [1.807, 2.05) is 51.1 Å². The molecule has 0 radical (unpaired) electrons. The number of hydrogen-bond acceptors (Lipinski definition) is 4. The Hall–Kier alpha value is -1.58. The smallest absolute Gasteiger partial charge is 0.408 e. The number of amides is 1. The highest BCUT2D eigenvalue weighted by atomic mass is 31.2. The van der Waals surface area contributed by atoms with Crippen LogP contribution < -0.4 is 5.32 Å². The van der Waals surface area contributed by atoms with E-state index in [1.54, 1.807) is 6.08 Å². The van der Waals surface area contributed by atoms with E-state index in [1.165, 1.54) is 0 Å². The SMILES string of the molecule is C=CC1CC1(NC(=O)OCc1ccccc1)P(=O)(OCC)C(C)C. The van der Waals surface area contributed by atoms with Gasteiger partial charge in [-0.3, -0.25) is 4.57 Å².